The van der Waals surface area contributed by atoms with Gasteiger partial charge in [-0.2, -0.15) is 0 Å². The zero-order valence-corrected chi connectivity index (χ0v) is 20.6. The van der Waals surface area contributed by atoms with Crippen LogP contribution in [0.1, 0.15) is 17.7 Å². The molecule has 1 aliphatic rings. The van der Waals surface area contributed by atoms with Gasteiger partial charge in [0.15, 0.2) is 0 Å². The van der Waals surface area contributed by atoms with Crippen molar-refractivity contribution in [2.24, 2.45) is 0 Å². The first kappa shape index (κ1) is 21.6. The number of fused-ring (bicyclic) bond motifs is 3. The van der Waals surface area contributed by atoms with E-state index in [1.165, 1.54) is 61.2 Å². The SMILES string of the molecule is C1=Cc2c(n(-c3ccc(-c4ccccc4-c4ccccc4)c(-c4ccccc4)c3)c3ccccc23)CC1. The van der Waals surface area contributed by atoms with Crippen molar-refractivity contribution in [2.75, 3.05) is 0 Å². The van der Waals surface area contributed by atoms with Crippen LogP contribution in [-0.2, 0) is 6.42 Å². The lowest BCUT2D eigenvalue weighted by molar-refractivity contribution is 0.889. The molecule has 1 aromatic heterocycles. The molecule has 7 rings (SSSR count). The first-order valence-electron chi connectivity index (χ1n) is 13.0. The van der Waals surface area contributed by atoms with Crippen LogP contribution in [0.2, 0.25) is 0 Å². The number of nitrogens with zero attached hydrogens (tertiary/aromatic N) is 1. The Balaban J connectivity index is 1.49. The summed E-state index contributed by atoms with van der Waals surface area (Å²) in [6.45, 7) is 0. The normalized spacial score (nSPS) is 12.5. The van der Waals surface area contributed by atoms with Crippen LogP contribution in [-0.4, -0.2) is 4.57 Å². The lowest BCUT2D eigenvalue weighted by Gasteiger charge is -2.19. The Labute approximate surface area is 218 Å². The summed E-state index contributed by atoms with van der Waals surface area (Å²) in [5.74, 6) is 0. The molecular weight excluding hydrogens is 446 g/mol. The van der Waals surface area contributed by atoms with E-state index in [0.29, 0.717) is 0 Å². The molecule has 0 radical (unpaired) electrons. The van der Waals surface area contributed by atoms with Crippen molar-refractivity contribution in [3.8, 4) is 39.1 Å². The lowest BCUT2D eigenvalue weighted by Crippen LogP contribution is -2.03. The van der Waals surface area contributed by atoms with Crippen molar-refractivity contribution in [3.63, 3.8) is 0 Å². The number of para-hydroxylation sites is 1. The maximum atomic E-state index is 2.48. The van der Waals surface area contributed by atoms with Crippen molar-refractivity contribution in [3.05, 3.63) is 145 Å². The van der Waals surface area contributed by atoms with Gasteiger partial charge in [-0.25, -0.2) is 0 Å². The van der Waals surface area contributed by atoms with Gasteiger partial charge < -0.3 is 4.57 Å². The van der Waals surface area contributed by atoms with Crippen LogP contribution >= 0.6 is 0 Å². The van der Waals surface area contributed by atoms with Crippen molar-refractivity contribution in [2.45, 2.75) is 12.8 Å². The van der Waals surface area contributed by atoms with Gasteiger partial charge in [0.1, 0.15) is 0 Å². The van der Waals surface area contributed by atoms with E-state index in [4.69, 9.17) is 0 Å². The van der Waals surface area contributed by atoms with Gasteiger partial charge in [-0.05, 0) is 64.4 Å². The summed E-state index contributed by atoms with van der Waals surface area (Å²) in [7, 11) is 0. The molecule has 1 heterocycles. The van der Waals surface area contributed by atoms with E-state index in [2.05, 4.69) is 144 Å². The molecule has 0 atom stereocenters. The molecule has 0 saturated heterocycles. The zero-order chi connectivity index (χ0) is 24.6. The van der Waals surface area contributed by atoms with Crippen molar-refractivity contribution in [1.82, 2.24) is 4.57 Å². The summed E-state index contributed by atoms with van der Waals surface area (Å²) >= 11 is 0. The minimum Gasteiger partial charge on any atom is -0.313 e. The average Bonchev–Trinajstić information content (AvgIpc) is 3.32. The van der Waals surface area contributed by atoms with Crippen molar-refractivity contribution in [1.29, 1.82) is 0 Å². The van der Waals surface area contributed by atoms with Crippen LogP contribution in [0.15, 0.2) is 133 Å². The van der Waals surface area contributed by atoms with Gasteiger partial charge in [-0.3, -0.25) is 0 Å². The molecule has 0 unspecified atom stereocenters. The number of benzene rings is 5. The highest BCUT2D eigenvalue weighted by molar-refractivity contribution is 5.95. The van der Waals surface area contributed by atoms with Crippen LogP contribution in [0, 0.1) is 0 Å². The summed E-state index contributed by atoms with van der Waals surface area (Å²) in [6.07, 6.45) is 6.75. The molecule has 0 bridgehead atoms. The van der Waals surface area contributed by atoms with Gasteiger partial charge in [0.2, 0.25) is 0 Å². The number of aromatic nitrogens is 1. The minimum atomic E-state index is 1.06. The van der Waals surface area contributed by atoms with Crippen LogP contribution in [0.3, 0.4) is 0 Å². The van der Waals surface area contributed by atoms with E-state index in [0.717, 1.165) is 12.8 Å². The zero-order valence-electron chi connectivity index (χ0n) is 20.6. The summed E-state index contributed by atoms with van der Waals surface area (Å²) in [4.78, 5) is 0. The quantitative estimate of drug-likeness (QED) is 0.240. The second-order valence-corrected chi connectivity index (χ2v) is 9.66. The van der Waals surface area contributed by atoms with Gasteiger partial charge in [0.25, 0.3) is 0 Å². The number of allylic oxidation sites excluding steroid dienone is 1. The van der Waals surface area contributed by atoms with Gasteiger partial charge in [0, 0.05) is 22.3 Å². The van der Waals surface area contributed by atoms with E-state index >= 15 is 0 Å². The summed E-state index contributed by atoms with van der Waals surface area (Å²) in [5, 5.41) is 1.33. The van der Waals surface area contributed by atoms with E-state index in [9.17, 15) is 0 Å². The molecule has 5 aromatic carbocycles. The molecule has 37 heavy (non-hydrogen) atoms. The lowest BCUT2D eigenvalue weighted by atomic mass is 9.89. The number of hydrogen-bond acceptors (Lipinski definition) is 0. The van der Waals surface area contributed by atoms with Crippen LogP contribution < -0.4 is 0 Å². The molecule has 1 heteroatoms. The highest BCUT2D eigenvalue weighted by atomic mass is 15.0. The first-order chi connectivity index (χ1) is 18.4. The Hall–Kier alpha value is -4.62. The Morgan fingerprint density at radius 1 is 0.514 bits per heavy atom. The molecule has 0 spiro atoms. The van der Waals surface area contributed by atoms with Crippen LogP contribution in [0.4, 0.5) is 0 Å². The summed E-state index contributed by atoms with van der Waals surface area (Å²) in [5.41, 5.74) is 12.7. The molecule has 0 fully saturated rings. The molecule has 0 aliphatic heterocycles. The van der Waals surface area contributed by atoms with Crippen LogP contribution in [0.25, 0.3) is 56.0 Å². The molecule has 176 valence electrons. The fourth-order valence-corrected chi connectivity index (χ4v) is 5.82. The van der Waals surface area contributed by atoms with E-state index < -0.39 is 0 Å². The number of rotatable bonds is 4. The molecular formula is C36H27N. The number of hydrogen-bond donors (Lipinski definition) is 0. The molecule has 1 nitrogen and oxygen atoms in total. The van der Waals surface area contributed by atoms with E-state index in [1.54, 1.807) is 0 Å². The third-order valence-electron chi connectivity index (χ3n) is 7.50. The fourth-order valence-electron chi connectivity index (χ4n) is 5.82. The van der Waals surface area contributed by atoms with Crippen molar-refractivity contribution >= 4 is 17.0 Å². The van der Waals surface area contributed by atoms with E-state index in [-0.39, 0.29) is 0 Å². The second-order valence-electron chi connectivity index (χ2n) is 9.66. The Morgan fingerprint density at radius 2 is 1.14 bits per heavy atom. The molecule has 6 aromatic rings. The predicted molar refractivity (Wildman–Crippen MR) is 157 cm³/mol. The molecule has 0 saturated carbocycles. The second kappa shape index (κ2) is 9.11. The third kappa shape index (κ3) is 3.72. The van der Waals surface area contributed by atoms with Gasteiger partial charge in [-0.1, -0.05) is 121 Å². The summed E-state index contributed by atoms with van der Waals surface area (Å²) < 4.78 is 2.48. The topological polar surface area (TPSA) is 4.93 Å². The maximum absolute atomic E-state index is 2.48. The smallest absolute Gasteiger partial charge is 0.0537 e. The van der Waals surface area contributed by atoms with Gasteiger partial charge >= 0.3 is 0 Å². The Morgan fingerprint density at radius 3 is 1.92 bits per heavy atom. The highest BCUT2D eigenvalue weighted by Crippen LogP contribution is 2.41. The summed E-state index contributed by atoms with van der Waals surface area (Å²) in [6, 6.07) is 46.1. The predicted octanol–water partition coefficient (Wildman–Crippen LogP) is 9.59. The Bertz CT molecular complexity index is 1750. The first-order valence-corrected chi connectivity index (χ1v) is 13.0. The van der Waals surface area contributed by atoms with Crippen LogP contribution in [0.5, 0.6) is 0 Å². The minimum absolute atomic E-state index is 1.06. The van der Waals surface area contributed by atoms with Gasteiger partial charge in [0.05, 0.1) is 5.52 Å². The fraction of sp³-hybridized carbons (Fsp3) is 0.0556. The standard InChI is InChI=1S/C36H27N/c1-3-13-26(14-4-1)29-17-7-8-18-30(29)31-24-23-28(25-34(31)27-15-5-2-6-16-27)37-35-21-11-9-19-32(35)33-20-10-12-22-36(33)37/h1-11,13-21,23-25H,12,22H2. The molecule has 0 N–H and O–H groups in total. The maximum Gasteiger partial charge on any atom is 0.0537 e. The van der Waals surface area contributed by atoms with Gasteiger partial charge in [-0.15, -0.1) is 0 Å². The monoisotopic (exact) mass is 473 g/mol. The average molecular weight is 474 g/mol. The third-order valence-corrected chi connectivity index (χ3v) is 7.50. The highest BCUT2D eigenvalue weighted by Gasteiger charge is 2.20. The largest absolute Gasteiger partial charge is 0.313 e. The molecule has 0 amide bonds. The Kier molecular flexibility index (Phi) is 5.33. The molecule has 1 aliphatic carbocycles. The van der Waals surface area contributed by atoms with Crippen molar-refractivity contribution < 1.29 is 0 Å². The van der Waals surface area contributed by atoms with E-state index in [1.807, 2.05) is 0 Å².